The number of hydrogen-bond donors (Lipinski definition) is 4. The fraction of sp³-hybridized carbons (Fsp3) is 0.333. The van der Waals surface area contributed by atoms with Crippen molar-refractivity contribution in [3.63, 3.8) is 0 Å². The highest BCUT2D eigenvalue weighted by Gasteiger charge is 2.08. The lowest BCUT2D eigenvalue weighted by atomic mass is 10.2. The van der Waals surface area contributed by atoms with Crippen molar-refractivity contribution in [1.29, 1.82) is 0 Å². The van der Waals surface area contributed by atoms with E-state index in [1.54, 1.807) is 6.07 Å². The van der Waals surface area contributed by atoms with Gasteiger partial charge >= 0.3 is 0 Å². The van der Waals surface area contributed by atoms with E-state index < -0.39 is 0 Å². The Morgan fingerprint density at radius 1 is 1.19 bits per heavy atom. The fourth-order valence-electron chi connectivity index (χ4n) is 1.99. The predicted molar refractivity (Wildman–Crippen MR) is 84.7 cm³/mol. The summed E-state index contributed by atoms with van der Waals surface area (Å²) in [6, 6.07) is 11.4. The van der Waals surface area contributed by atoms with Gasteiger partial charge in [0, 0.05) is 18.2 Å². The van der Waals surface area contributed by atoms with Crippen molar-refractivity contribution in [2.45, 2.75) is 25.9 Å². The molecule has 2 rings (SSSR count). The van der Waals surface area contributed by atoms with Crippen molar-refractivity contribution in [3.05, 3.63) is 36.4 Å². The first-order valence-electron chi connectivity index (χ1n) is 7.06. The van der Waals surface area contributed by atoms with E-state index >= 15 is 0 Å². The van der Waals surface area contributed by atoms with Crippen LogP contribution in [0.3, 0.4) is 0 Å². The number of benzene rings is 1. The average Bonchev–Trinajstić information content (AvgIpc) is 2.54. The monoisotopic (exact) mass is 287 g/mol. The summed E-state index contributed by atoms with van der Waals surface area (Å²) in [7, 11) is 0. The molecule has 1 unspecified atom stereocenters. The number of rotatable bonds is 7. The molecule has 0 aliphatic carbocycles. The highest BCUT2D eigenvalue weighted by molar-refractivity contribution is 5.60. The minimum absolute atomic E-state index is 0.389. The molecule has 21 heavy (non-hydrogen) atoms. The van der Waals surface area contributed by atoms with Crippen molar-refractivity contribution in [2.24, 2.45) is 5.84 Å². The Kier molecular flexibility index (Phi) is 5.48. The van der Waals surface area contributed by atoms with Crippen LogP contribution in [0.1, 0.15) is 19.8 Å². The van der Waals surface area contributed by atoms with E-state index in [1.165, 1.54) is 0 Å². The summed E-state index contributed by atoms with van der Waals surface area (Å²) in [4.78, 5) is 8.79. The van der Waals surface area contributed by atoms with Crippen LogP contribution in [0, 0.1) is 0 Å². The zero-order valence-electron chi connectivity index (χ0n) is 12.1. The van der Waals surface area contributed by atoms with E-state index in [-0.39, 0.29) is 6.10 Å². The topological polar surface area (TPSA) is 96.1 Å². The molecule has 6 nitrogen and oxygen atoms in total. The molecule has 0 aliphatic rings. The van der Waals surface area contributed by atoms with E-state index in [9.17, 15) is 5.11 Å². The van der Waals surface area contributed by atoms with Gasteiger partial charge in [-0.1, -0.05) is 43.7 Å². The van der Waals surface area contributed by atoms with Crippen LogP contribution in [0.5, 0.6) is 0 Å². The van der Waals surface area contributed by atoms with Crippen LogP contribution in [-0.4, -0.2) is 27.7 Å². The molecule has 5 N–H and O–H groups in total. The Balaban J connectivity index is 2.18. The smallest absolute Gasteiger partial charge is 0.163 e. The van der Waals surface area contributed by atoms with Gasteiger partial charge in [0.2, 0.25) is 0 Å². The largest absolute Gasteiger partial charge is 0.391 e. The van der Waals surface area contributed by atoms with Crippen molar-refractivity contribution >= 4 is 11.6 Å². The van der Waals surface area contributed by atoms with Crippen LogP contribution in [0.2, 0.25) is 0 Å². The quantitative estimate of drug-likeness (QED) is 0.459. The first-order chi connectivity index (χ1) is 10.2. The number of nitrogens with two attached hydrogens (primary N) is 1. The molecule has 6 heteroatoms. The highest BCUT2D eigenvalue weighted by Crippen LogP contribution is 2.19. The molecule has 0 spiro atoms. The second-order valence-electron chi connectivity index (χ2n) is 4.80. The third kappa shape index (κ3) is 4.40. The van der Waals surface area contributed by atoms with E-state index in [1.807, 2.05) is 37.3 Å². The number of anilines is 2. The molecular formula is C15H21N5O. The van der Waals surface area contributed by atoms with Crippen LogP contribution in [-0.2, 0) is 0 Å². The van der Waals surface area contributed by atoms with Crippen LogP contribution >= 0.6 is 0 Å². The number of nitrogens with zero attached hydrogens (tertiary/aromatic N) is 2. The van der Waals surface area contributed by atoms with Gasteiger partial charge in [-0.05, 0) is 6.42 Å². The van der Waals surface area contributed by atoms with Crippen LogP contribution < -0.4 is 16.6 Å². The molecule has 0 saturated heterocycles. The second kappa shape index (κ2) is 7.56. The van der Waals surface area contributed by atoms with Crippen LogP contribution in [0.15, 0.2) is 36.4 Å². The van der Waals surface area contributed by atoms with Crippen molar-refractivity contribution in [1.82, 2.24) is 9.97 Å². The second-order valence-corrected chi connectivity index (χ2v) is 4.80. The van der Waals surface area contributed by atoms with Crippen molar-refractivity contribution < 1.29 is 5.11 Å². The summed E-state index contributed by atoms with van der Waals surface area (Å²) in [6.45, 7) is 2.49. The average molecular weight is 287 g/mol. The summed E-state index contributed by atoms with van der Waals surface area (Å²) in [6.07, 6.45) is 1.31. The Hall–Kier alpha value is -2.18. The Morgan fingerprint density at radius 2 is 1.90 bits per heavy atom. The summed E-state index contributed by atoms with van der Waals surface area (Å²) >= 11 is 0. The zero-order chi connectivity index (χ0) is 15.1. The Labute approximate surface area is 124 Å². The number of hydrazine groups is 1. The lowest BCUT2D eigenvalue weighted by Crippen LogP contribution is -2.20. The fourth-order valence-corrected chi connectivity index (χ4v) is 1.99. The van der Waals surface area contributed by atoms with Crippen molar-refractivity contribution in [3.8, 4) is 11.4 Å². The summed E-state index contributed by atoms with van der Waals surface area (Å²) in [5.41, 5.74) is 3.45. The van der Waals surface area contributed by atoms with E-state index in [2.05, 4.69) is 20.7 Å². The minimum atomic E-state index is -0.389. The molecular weight excluding hydrogens is 266 g/mol. The molecule has 0 radical (unpaired) electrons. The van der Waals surface area contributed by atoms with E-state index in [0.29, 0.717) is 24.0 Å². The standard InChI is InChI=1S/C15H21N5O/c1-2-6-12(21)10-17-13-9-14(20-16)19-15(18-13)11-7-4-3-5-8-11/h3-5,7-9,12,21H,2,6,10,16H2,1H3,(H2,17,18,19,20). The van der Waals surface area contributed by atoms with Gasteiger partial charge in [0.25, 0.3) is 0 Å². The lowest BCUT2D eigenvalue weighted by molar-refractivity contribution is 0.176. The third-order valence-corrected chi connectivity index (χ3v) is 3.05. The van der Waals surface area contributed by atoms with Gasteiger partial charge < -0.3 is 15.8 Å². The number of hydrogen-bond acceptors (Lipinski definition) is 6. The van der Waals surface area contributed by atoms with Crippen LogP contribution in [0.25, 0.3) is 11.4 Å². The maximum atomic E-state index is 9.78. The van der Waals surface area contributed by atoms with E-state index in [4.69, 9.17) is 5.84 Å². The van der Waals surface area contributed by atoms with Crippen molar-refractivity contribution in [2.75, 3.05) is 17.3 Å². The molecule has 0 amide bonds. The zero-order valence-corrected chi connectivity index (χ0v) is 12.1. The Morgan fingerprint density at radius 3 is 2.57 bits per heavy atom. The number of aliphatic hydroxyl groups excluding tert-OH is 1. The summed E-state index contributed by atoms with van der Waals surface area (Å²) < 4.78 is 0. The van der Waals surface area contributed by atoms with Gasteiger partial charge in [0.05, 0.1) is 6.10 Å². The summed E-state index contributed by atoms with van der Waals surface area (Å²) in [5, 5.41) is 12.9. The lowest BCUT2D eigenvalue weighted by Gasteiger charge is -2.13. The predicted octanol–water partition coefficient (Wildman–Crippen LogP) is 2.00. The number of nitrogen functional groups attached to an aromatic ring is 1. The van der Waals surface area contributed by atoms with Gasteiger partial charge in [-0.15, -0.1) is 0 Å². The molecule has 0 aliphatic heterocycles. The van der Waals surface area contributed by atoms with Gasteiger partial charge in [0.1, 0.15) is 11.6 Å². The molecule has 0 saturated carbocycles. The molecule has 1 aromatic carbocycles. The van der Waals surface area contributed by atoms with Gasteiger partial charge in [0.15, 0.2) is 5.82 Å². The van der Waals surface area contributed by atoms with Crippen LogP contribution in [0.4, 0.5) is 11.6 Å². The number of aliphatic hydroxyl groups is 1. The minimum Gasteiger partial charge on any atom is -0.391 e. The first-order valence-corrected chi connectivity index (χ1v) is 7.06. The van der Waals surface area contributed by atoms with E-state index in [0.717, 1.165) is 18.4 Å². The Bertz CT molecular complexity index is 561. The third-order valence-electron chi connectivity index (χ3n) is 3.05. The normalized spacial score (nSPS) is 12.0. The SMILES string of the molecule is CCCC(O)CNc1cc(NN)nc(-c2ccccc2)n1. The molecule has 0 fully saturated rings. The molecule has 1 heterocycles. The van der Waals surface area contributed by atoms with Gasteiger partial charge in [-0.2, -0.15) is 0 Å². The number of nitrogens with one attached hydrogen (secondary N) is 2. The molecule has 0 bridgehead atoms. The molecule has 1 atom stereocenters. The highest BCUT2D eigenvalue weighted by atomic mass is 16.3. The number of aromatic nitrogens is 2. The molecule has 112 valence electrons. The first kappa shape index (κ1) is 15.2. The maximum Gasteiger partial charge on any atom is 0.163 e. The molecule has 1 aromatic heterocycles. The summed E-state index contributed by atoms with van der Waals surface area (Å²) in [5.74, 6) is 7.19. The van der Waals surface area contributed by atoms with Gasteiger partial charge in [-0.25, -0.2) is 15.8 Å². The molecule has 2 aromatic rings. The maximum absolute atomic E-state index is 9.78. The van der Waals surface area contributed by atoms with Gasteiger partial charge in [-0.3, -0.25) is 0 Å².